The maximum absolute atomic E-state index is 6.16. The highest BCUT2D eigenvalue weighted by molar-refractivity contribution is 6.31. The molecule has 0 unspecified atom stereocenters. The summed E-state index contributed by atoms with van der Waals surface area (Å²) in [6.07, 6.45) is 0. The molecule has 1 heterocycles. The molecular formula is C13H16ClN3O. The van der Waals surface area contributed by atoms with Crippen molar-refractivity contribution in [2.24, 2.45) is 7.05 Å². The molecule has 1 aromatic heterocycles. The molecule has 1 aromatic carbocycles. The predicted molar refractivity (Wildman–Crippen MR) is 72.9 cm³/mol. The minimum absolute atomic E-state index is 0.351. The van der Waals surface area contributed by atoms with Gasteiger partial charge in [-0.3, -0.25) is 4.68 Å². The van der Waals surface area contributed by atoms with E-state index in [1.54, 1.807) is 4.68 Å². The molecule has 0 radical (unpaired) electrons. The normalized spacial score (nSPS) is 10.7. The molecule has 96 valence electrons. The molecule has 0 bridgehead atoms. The van der Waals surface area contributed by atoms with Gasteiger partial charge in [0.05, 0.1) is 22.1 Å². The molecule has 2 rings (SSSR count). The maximum atomic E-state index is 6.16. The van der Waals surface area contributed by atoms with E-state index in [-0.39, 0.29) is 0 Å². The lowest BCUT2D eigenvalue weighted by Gasteiger charge is -2.10. The molecular weight excluding hydrogens is 250 g/mol. The number of nitrogen functional groups attached to an aromatic ring is 1. The van der Waals surface area contributed by atoms with Crippen molar-refractivity contribution in [3.8, 4) is 5.75 Å². The van der Waals surface area contributed by atoms with Crippen LogP contribution in [-0.2, 0) is 13.7 Å². The number of nitrogens with two attached hydrogens (primary N) is 1. The van der Waals surface area contributed by atoms with Crippen molar-refractivity contribution in [1.82, 2.24) is 9.78 Å². The van der Waals surface area contributed by atoms with Crippen LogP contribution in [0.4, 0.5) is 5.69 Å². The maximum Gasteiger partial charge on any atom is 0.143 e. The van der Waals surface area contributed by atoms with Crippen molar-refractivity contribution in [2.45, 2.75) is 20.5 Å². The van der Waals surface area contributed by atoms with Crippen molar-refractivity contribution in [3.63, 3.8) is 0 Å². The zero-order valence-corrected chi connectivity index (χ0v) is 11.5. The molecule has 2 N–H and O–H groups in total. The summed E-state index contributed by atoms with van der Waals surface area (Å²) >= 11 is 6.16. The summed E-state index contributed by atoms with van der Waals surface area (Å²) in [4.78, 5) is 0. The van der Waals surface area contributed by atoms with Crippen LogP contribution in [0.1, 0.15) is 17.0 Å². The van der Waals surface area contributed by atoms with Gasteiger partial charge in [-0.1, -0.05) is 17.7 Å². The van der Waals surface area contributed by atoms with Crippen LogP contribution in [0.5, 0.6) is 5.75 Å². The summed E-state index contributed by atoms with van der Waals surface area (Å²) in [7, 11) is 1.84. The Hall–Kier alpha value is -1.68. The first-order chi connectivity index (χ1) is 8.49. The number of aromatic nitrogens is 2. The smallest absolute Gasteiger partial charge is 0.143 e. The summed E-state index contributed by atoms with van der Waals surface area (Å²) in [6.45, 7) is 4.21. The van der Waals surface area contributed by atoms with Gasteiger partial charge in [-0.2, -0.15) is 5.10 Å². The van der Waals surface area contributed by atoms with Crippen LogP contribution in [0.15, 0.2) is 18.2 Å². The van der Waals surface area contributed by atoms with E-state index >= 15 is 0 Å². The highest BCUT2D eigenvalue weighted by Crippen LogP contribution is 2.25. The summed E-state index contributed by atoms with van der Waals surface area (Å²) in [5.41, 5.74) is 9.22. The molecule has 0 amide bonds. The molecule has 2 aromatic rings. The van der Waals surface area contributed by atoms with Crippen molar-refractivity contribution in [1.29, 1.82) is 0 Å². The van der Waals surface area contributed by atoms with Gasteiger partial charge in [0.2, 0.25) is 0 Å². The number of hydrogen-bond acceptors (Lipinski definition) is 3. The summed E-state index contributed by atoms with van der Waals surface area (Å²) in [6, 6.07) is 5.69. The first-order valence-electron chi connectivity index (χ1n) is 5.66. The van der Waals surface area contributed by atoms with Gasteiger partial charge in [-0.25, -0.2) is 0 Å². The van der Waals surface area contributed by atoms with Crippen LogP contribution in [0.2, 0.25) is 5.02 Å². The predicted octanol–water partition coefficient (Wildman–Crippen LogP) is 2.85. The number of aryl methyl sites for hydroxylation is 3. The highest BCUT2D eigenvalue weighted by atomic mass is 35.5. The van der Waals surface area contributed by atoms with Crippen LogP contribution in [0.25, 0.3) is 0 Å². The Morgan fingerprint density at radius 1 is 1.39 bits per heavy atom. The second-order valence-electron chi connectivity index (χ2n) is 4.30. The number of benzene rings is 1. The second kappa shape index (κ2) is 4.90. The Morgan fingerprint density at radius 2 is 2.11 bits per heavy atom. The van der Waals surface area contributed by atoms with E-state index in [4.69, 9.17) is 22.1 Å². The van der Waals surface area contributed by atoms with E-state index in [9.17, 15) is 0 Å². The number of anilines is 1. The molecule has 4 nitrogen and oxygen atoms in total. The number of ether oxygens (including phenoxy) is 1. The fourth-order valence-corrected chi connectivity index (χ4v) is 1.96. The van der Waals surface area contributed by atoms with Gasteiger partial charge in [-0.05, 0) is 31.5 Å². The lowest BCUT2D eigenvalue weighted by Crippen LogP contribution is -2.05. The topological polar surface area (TPSA) is 53.1 Å². The Kier molecular flexibility index (Phi) is 3.48. The first kappa shape index (κ1) is 12.8. The summed E-state index contributed by atoms with van der Waals surface area (Å²) in [5.74, 6) is 0.671. The van der Waals surface area contributed by atoms with Crippen molar-refractivity contribution in [2.75, 3.05) is 5.73 Å². The Morgan fingerprint density at radius 3 is 2.72 bits per heavy atom. The van der Waals surface area contributed by atoms with Gasteiger partial charge in [0.15, 0.2) is 0 Å². The molecule has 0 aliphatic heterocycles. The van der Waals surface area contributed by atoms with Crippen LogP contribution in [0.3, 0.4) is 0 Å². The SMILES string of the molecule is Cc1ccc(N)c(OCc2c(Cl)c(C)nn2C)c1. The average Bonchev–Trinajstić information content (AvgIpc) is 2.55. The number of hydrogen-bond donors (Lipinski definition) is 1. The lowest BCUT2D eigenvalue weighted by atomic mass is 10.2. The minimum Gasteiger partial charge on any atom is -0.485 e. The Balaban J connectivity index is 2.19. The average molecular weight is 266 g/mol. The highest BCUT2D eigenvalue weighted by Gasteiger charge is 2.12. The molecule has 0 aliphatic rings. The molecule has 0 spiro atoms. The lowest BCUT2D eigenvalue weighted by molar-refractivity contribution is 0.296. The molecule has 5 heteroatoms. The van der Waals surface area contributed by atoms with Gasteiger partial charge in [0.25, 0.3) is 0 Å². The second-order valence-corrected chi connectivity index (χ2v) is 4.68. The largest absolute Gasteiger partial charge is 0.485 e. The summed E-state index contributed by atoms with van der Waals surface area (Å²) in [5, 5.41) is 4.88. The van der Waals surface area contributed by atoms with E-state index in [1.807, 2.05) is 39.1 Å². The summed E-state index contributed by atoms with van der Waals surface area (Å²) < 4.78 is 7.43. The van der Waals surface area contributed by atoms with E-state index in [1.165, 1.54) is 0 Å². The number of nitrogens with zero attached hydrogens (tertiary/aromatic N) is 2. The standard InChI is InChI=1S/C13H16ClN3O/c1-8-4-5-10(15)12(6-8)18-7-11-13(14)9(2)16-17(11)3/h4-6H,7,15H2,1-3H3. The third-order valence-electron chi connectivity index (χ3n) is 2.80. The van der Waals surface area contributed by atoms with Crippen molar-refractivity contribution in [3.05, 3.63) is 40.2 Å². The van der Waals surface area contributed by atoms with E-state index in [2.05, 4.69) is 5.10 Å². The molecule has 18 heavy (non-hydrogen) atoms. The fraction of sp³-hybridized carbons (Fsp3) is 0.308. The van der Waals surface area contributed by atoms with Crippen LogP contribution in [-0.4, -0.2) is 9.78 Å². The van der Waals surface area contributed by atoms with Crippen molar-refractivity contribution < 1.29 is 4.74 Å². The van der Waals surface area contributed by atoms with E-state index < -0.39 is 0 Å². The minimum atomic E-state index is 0.351. The molecule has 0 saturated carbocycles. The fourth-order valence-electron chi connectivity index (χ4n) is 1.75. The Bertz CT molecular complexity index is 578. The third-order valence-corrected chi connectivity index (χ3v) is 3.29. The molecule has 0 saturated heterocycles. The van der Waals surface area contributed by atoms with Gasteiger partial charge in [-0.15, -0.1) is 0 Å². The van der Waals surface area contributed by atoms with E-state index in [0.717, 1.165) is 17.0 Å². The first-order valence-corrected chi connectivity index (χ1v) is 6.03. The number of rotatable bonds is 3. The van der Waals surface area contributed by atoms with Crippen molar-refractivity contribution >= 4 is 17.3 Å². The van der Waals surface area contributed by atoms with E-state index in [0.29, 0.717) is 23.1 Å². The molecule has 0 aliphatic carbocycles. The van der Waals surface area contributed by atoms with Crippen LogP contribution in [0, 0.1) is 13.8 Å². The third kappa shape index (κ3) is 2.43. The van der Waals surface area contributed by atoms with Gasteiger partial charge >= 0.3 is 0 Å². The monoisotopic (exact) mass is 265 g/mol. The quantitative estimate of drug-likeness (QED) is 0.869. The molecule has 0 atom stereocenters. The zero-order chi connectivity index (χ0) is 13.3. The number of halogens is 1. The van der Waals surface area contributed by atoms with Gasteiger partial charge in [0, 0.05) is 7.05 Å². The zero-order valence-electron chi connectivity index (χ0n) is 10.7. The molecule has 0 fully saturated rings. The van der Waals surface area contributed by atoms with Gasteiger partial charge < -0.3 is 10.5 Å². The van der Waals surface area contributed by atoms with Gasteiger partial charge in [0.1, 0.15) is 12.4 Å². The Labute approximate surface area is 111 Å². The van der Waals surface area contributed by atoms with Crippen LogP contribution < -0.4 is 10.5 Å². The van der Waals surface area contributed by atoms with Crippen LogP contribution >= 0.6 is 11.6 Å².